The Morgan fingerprint density at radius 3 is 2.71 bits per heavy atom. The molecular weight excluding hydrogens is 269 g/mol. The first-order valence-electron chi connectivity index (χ1n) is 6.35. The van der Waals surface area contributed by atoms with Crippen molar-refractivity contribution < 1.29 is 9.18 Å². The monoisotopic (exact) mass is 283 g/mol. The summed E-state index contributed by atoms with van der Waals surface area (Å²) in [5, 5.41) is 2.70. The highest BCUT2D eigenvalue weighted by atomic mass is 19.1. The molecule has 2 aromatic rings. The molecule has 4 nitrogen and oxygen atoms in total. The first-order valence-corrected chi connectivity index (χ1v) is 6.35. The maximum atomic E-state index is 13.0. The van der Waals surface area contributed by atoms with Crippen molar-refractivity contribution in [2.75, 3.05) is 6.54 Å². The number of rotatable bonds is 3. The van der Waals surface area contributed by atoms with Gasteiger partial charge in [0.25, 0.3) is 5.91 Å². The van der Waals surface area contributed by atoms with Gasteiger partial charge >= 0.3 is 0 Å². The summed E-state index contributed by atoms with van der Waals surface area (Å²) in [6.07, 6.45) is 2.38. The van der Waals surface area contributed by atoms with Gasteiger partial charge in [-0.15, -0.1) is 0 Å². The zero-order valence-electron chi connectivity index (χ0n) is 11.3. The molecule has 0 spiro atoms. The maximum Gasteiger partial charge on any atom is 0.253 e. The molecule has 0 aliphatic rings. The molecular formula is C16H14FN3O. The smallest absolute Gasteiger partial charge is 0.253 e. The molecule has 0 fully saturated rings. The van der Waals surface area contributed by atoms with Crippen molar-refractivity contribution in [3.63, 3.8) is 0 Å². The van der Waals surface area contributed by atoms with Crippen molar-refractivity contribution >= 4 is 5.91 Å². The standard InChI is InChI=1S/C16H14FN3O/c17-15-8-14(10-19-11-15)16(21)20-9-13-5-3-12(4-6-13)2-1-7-18/h3-6,8,10-11H,7,9,18H2,(H,20,21). The number of amides is 1. The van der Waals surface area contributed by atoms with Crippen LogP contribution in [0.5, 0.6) is 0 Å². The Balaban J connectivity index is 1.95. The third-order valence-electron chi connectivity index (χ3n) is 2.71. The van der Waals surface area contributed by atoms with E-state index in [0.29, 0.717) is 13.1 Å². The fourth-order valence-corrected chi connectivity index (χ4v) is 1.68. The Labute approximate surface area is 122 Å². The fourth-order valence-electron chi connectivity index (χ4n) is 1.68. The SMILES string of the molecule is NCC#Cc1ccc(CNC(=O)c2cncc(F)c2)cc1. The largest absolute Gasteiger partial charge is 0.348 e. The Morgan fingerprint density at radius 1 is 1.29 bits per heavy atom. The van der Waals surface area contributed by atoms with Gasteiger partial charge in [0.2, 0.25) is 0 Å². The highest BCUT2D eigenvalue weighted by molar-refractivity contribution is 5.93. The molecule has 1 heterocycles. The summed E-state index contributed by atoms with van der Waals surface area (Å²) in [6.45, 7) is 0.666. The number of halogens is 1. The second kappa shape index (κ2) is 7.17. The molecule has 0 saturated heterocycles. The Kier molecular flexibility index (Phi) is 5.02. The molecule has 0 bridgehead atoms. The van der Waals surface area contributed by atoms with Gasteiger partial charge in [-0.2, -0.15) is 0 Å². The molecule has 21 heavy (non-hydrogen) atoms. The number of nitrogens with zero attached hydrogens (tertiary/aromatic N) is 1. The first kappa shape index (κ1) is 14.7. The van der Waals surface area contributed by atoms with E-state index >= 15 is 0 Å². The van der Waals surface area contributed by atoms with Gasteiger partial charge in [0, 0.05) is 18.3 Å². The second-order valence-electron chi connectivity index (χ2n) is 4.28. The maximum absolute atomic E-state index is 13.0. The lowest BCUT2D eigenvalue weighted by molar-refractivity contribution is 0.0950. The lowest BCUT2D eigenvalue weighted by Gasteiger charge is -2.05. The number of hydrogen-bond donors (Lipinski definition) is 2. The van der Waals surface area contributed by atoms with Crippen LogP contribution in [0.2, 0.25) is 0 Å². The summed E-state index contributed by atoms with van der Waals surface area (Å²) < 4.78 is 13.0. The minimum Gasteiger partial charge on any atom is -0.348 e. The van der Waals surface area contributed by atoms with Gasteiger partial charge in [0.1, 0.15) is 5.82 Å². The molecule has 106 valence electrons. The quantitative estimate of drug-likeness (QED) is 0.838. The molecule has 1 aromatic carbocycles. The number of pyridine rings is 1. The number of hydrogen-bond acceptors (Lipinski definition) is 3. The summed E-state index contributed by atoms with van der Waals surface area (Å²) in [6, 6.07) is 8.59. The van der Waals surface area contributed by atoms with Gasteiger partial charge in [-0.3, -0.25) is 9.78 Å². The van der Waals surface area contributed by atoms with E-state index in [-0.39, 0.29) is 11.5 Å². The van der Waals surface area contributed by atoms with Crippen molar-refractivity contribution in [3.05, 3.63) is 65.2 Å². The minimum absolute atomic E-state index is 0.195. The van der Waals surface area contributed by atoms with Crippen LogP contribution in [0.25, 0.3) is 0 Å². The van der Waals surface area contributed by atoms with Gasteiger partial charge in [-0.25, -0.2) is 4.39 Å². The van der Waals surface area contributed by atoms with Gasteiger partial charge in [-0.05, 0) is 23.8 Å². The molecule has 0 unspecified atom stereocenters. The van der Waals surface area contributed by atoms with Crippen LogP contribution in [0.1, 0.15) is 21.5 Å². The summed E-state index contributed by atoms with van der Waals surface area (Å²) in [4.78, 5) is 15.5. The summed E-state index contributed by atoms with van der Waals surface area (Å²) in [5.74, 6) is 4.78. The zero-order chi connectivity index (χ0) is 15.1. The molecule has 0 aliphatic heterocycles. The number of carbonyl (C=O) groups is 1. The van der Waals surface area contributed by atoms with Crippen LogP contribution >= 0.6 is 0 Å². The second-order valence-corrected chi connectivity index (χ2v) is 4.28. The Hall–Kier alpha value is -2.71. The molecule has 0 aliphatic carbocycles. The Morgan fingerprint density at radius 2 is 2.05 bits per heavy atom. The van der Waals surface area contributed by atoms with Gasteiger partial charge in [-0.1, -0.05) is 24.0 Å². The summed E-state index contributed by atoms with van der Waals surface area (Å²) >= 11 is 0. The first-order chi connectivity index (χ1) is 10.2. The van der Waals surface area contributed by atoms with E-state index in [1.165, 1.54) is 6.20 Å². The number of aromatic nitrogens is 1. The summed E-state index contributed by atoms with van der Waals surface area (Å²) in [7, 11) is 0. The van der Waals surface area contributed by atoms with Gasteiger partial charge < -0.3 is 11.1 Å². The van der Waals surface area contributed by atoms with Crippen LogP contribution in [0.4, 0.5) is 4.39 Å². The van der Waals surface area contributed by atoms with Gasteiger partial charge in [0.05, 0.1) is 18.3 Å². The highest BCUT2D eigenvalue weighted by Gasteiger charge is 2.06. The molecule has 0 atom stereocenters. The number of nitrogens with two attached hydrogens (primary N) is 1. The third kappa shape index (κ3) is 4.41. The zero-order valence-corrected chi connectivity index (χ0v) is 11.3. The predicted octanol–water partition coefficient (Wildman–Crippen LogP) is 1.46. The van der Waals surface area contributed by atoms with E-state index in [4.69, 9.17) is 5.73 Å². The predicted molar refractivity (Wildman–Crippen MR) is 77.7 cm³/mol. The molecule has 3 N–H and O–H groups in total. The van der Waals surface area contributed by atoms with Crippen molar-refractivity contribution in [2.45, 2.75) is 6.54 Å². The van der Waals surface area contributed by atoms with E-state index in [0.717, 1.165) is 23.4 Å². The molecule has 5 heteroatoms. The van der Waals surface area contributed by atoms with E-state index in [9.17, 15) is 9.18 Å². The topological polar surface area (TPSA) is 68.0 Å². The summed E-state index contributed by atoms with van der Waals surface area (Å²) in [5.41, 5.74) is 7.28. The molecule has 1 amide bonds. The molecule has 0 saturated carbocycles. The lowest BCUT2D eigenvalue weighted by atomic mass is 10.1. The number of carbonyl (C=O) groups excluding carboxylic acids is 1. The third-order valence-corrected chi connectivity index (χ3v) is 2.71. The fraction of sp³-hybridized carbons (Fsp3) is 0.125. The highest BCUT2D eigenvalue weighted by Crippen LogP contribution is 2.05. The van der Waals surface area contributed by atoms with Crippen LogP contribution in [-0.2, 0) is 6.54 Å². The van der Waals surface area contributed by atoms with Gasteiger partial charge in [0.15, 0.2) is 0 Å². The molecule has 0 radical (unpaired) electrons. The number of benzene rings is 1. The van der Waals surface area contributed by atoms with Crippen LogP contribution in [0, 0.1) is 17.7 Å². The molecule has 1 aromatic heterocycles. The van der Waals surface area contributed by atoms with Crippen LogP contribution in [-0.4, -0.2) is 17.4 Å². The van der Waals surface area contributed by atoms with E-state index < -0.39 is 5.82 Å². The van der Waals surface area contributed by atoms with Crippen molar-refractivity contribution in [3.8, 4) is 11.8 Å². The Bertz CT molecular complexity index is 687. The van der Waals surface area contributed by atoms with Crippen molar-refractivity contribution in [1.29, 1.82) is 0 Å². The lowest BCUT2D eigenvalue weighted by Crippen LogP contribution is -2.23. The number of nitrogens with one attached hydrogen (secondary N) is 1. The van der Waals surface area contributed by atoms with E-state index in [1.807, 2.05) is 24.3 Å². The van der Waals surface area contributed by atoms with Crippen LogP contribution in [0.3, 0.4) is 0 Å². The van der Waals surface area contributed by atoms with Crippen LogP contribution < -0.4 is 11.1 Å². The average Bonchev–Trinajstić information content (AvgIpc) is 2.51. The van der Waals surface area contributed by atoms with E-state index in [2.05, 4.69) is 22.1 Å². The van der Waals surface area contributed by atoms with Crippen molar-refractivity contribution in [2.24, 2.45) is 5.73 Å². The van der Waals surface area contributed by atoms with Crippen molar-refractivity contribution in [1.82, 2.24) is 10.3 Å². The minimum atomic E-state index is -0.537. The average molecular weight is 283 g/mol. The normalized spacial score (nSPS) is 9.62. The van der Waals surface area contributed by atoms with E-state index in [1.54, 1.807) is 0 Å². The van der Waals surface area contributed by atoms with Crippen LogP contribution in [0.15, 0.2) is 42.7 Å². The molecule has 2 rings (SSSR count).